The zero-order chi connectivity index (χ0) is 14.7. The van der Waals surface area contributed by atoms with Gasteiger partial charge in [-0.15, -0.1) is 0 Å². The maximum absolute atomic E-state index is 12.4. The standard InChI is InChI=1S/C16H15N3O2/c17-10-11-6-4-5-8-13(11)18-16(20)15-12-7-2-1-3-9-14(12)21-19-15/h4-6,8H,1-3,7,9H2,(H,18,20). The van der Waals surface area contributed by atoms with Crippen LogP contribution in [0.2, 0.25) is 0 Å². The molecule has 0 spiro atoms. The average Bonchev–Trinajstić information content (AvgIpc) is 2.77. The molecule has 0 fully saturated rings. The number of aromatic nitrogens is 1. The van der Waals surface area contributed by atoms with Crippen LogP contribution in [-0.2, 0) is 12.8 Å². The van der Waals surface area contributed by atoms with Crippen LogP contribution in [0.25, 0.3) is 0 Å². The molecule has 1 aromatic carbocycles. The van der Waals surface area contributed by atoms with E-state index in [2.05, 4.69) is 16.5 Å². The van der Waals surface area contributed by atoms with Gasteiger partial charge in [0.2, 0.25) is 0 Å². The van der Waals surface area contributed by atoms with Crippen molar-refractivity contribution in [3.8, 4) is 6.07 Å². The van der Waals surface area contributed by atoms with Gasteiger partial charge in [0.05, 0.1) is 11.3 Å². The maximum atomic E-state index is 12.4. The average molecular weight is 281 g/mol. The fourth-order valence-electron chi connectivity index (χ4n) is 2.61. The van der Waals surface area contributed by atoms with Crippen LogP contribution in [0.1, 0.15) is 46.6 Å². The van der Waals surface area contributed by atoms with Crippen molar-refractivity contribution >= 4 is 11.6 Å². The van der Waals surface area contributed by atoms with Crippen LogP contribution in [0, 0.1) is 11.3 Å². The van der Waals surface area contributed by atoms with Crippen molar-refractivity contribution in [1.29, 1.82) is 5.26 Å². The summed E-state index contributed by atoms with van der Waals surface area (Å²) in [5.74, 6) is 0.510. The maximum Gasteiger partial charge on any atom is 0.278 e. The summed E-state index contributed by atoms with van der Waals surface area (Å²) in [7, 11) is 0. The Hall–Kier alpha value is -2.61. The summed E-state index contributed by atoms with van der Waals surface area (Å²) in [6.07, 6.45) is 4.91. The highest BCUT2D eigenvalue weighted by molar-refractivity contribution is 6.04. The molecule has 0 saturated carbocycles. The van der Waals surface area contributed by atoms with Gasteiger partial charge in [-0.3, -0.25) is 4.79 Å². The number of carbonyl (C=O) groups excluding carboxylic acids is 1. The van der Waals surface area contributed by atoms with E-state index in [1.165, 1.54) is 0 Å². The Morgan fingerprint density at radius 3 is 2.90 bits per heavy atom. The smallest absolute Gasteiger partial charge is 0.278 e. The largest absolute Gasteiger partial charge is 0.360 e. The van der Waals surface area contributed by atoms with Crippen LogP contribution in [0.15, 0.2) is 28.8 Å². The SMILES string of the molecule is N#Cc1ccccc1NC(=O)c1noc2c1CCCCC2. The molecule has 1 aliphatic carbocycles. The van der Waals surface area contributed by atoms with Gasteiger partial charge < -0.3 is 9.84 Å². The van der Waals surface area contributed by atoms with Crippen LogP contribution in [0.5, 0.6) is 0 Å². The van der Waals surface area contributed by atoms with E-state index >= 15 is 0 Å². The fraction of sp³-hybridized carbons (Fsp3) is 0.312. The first-order valence-corrected chi connectivity index (χ1v) is 7.07. The van der Waals surface area contributed by atoms with Crippen molar-refractivity contribution < 1.29 is 9.32 Å². The molecule has 106 valence electrons. The van der Waals surface area contributed by atoms with Gasteiger partial charge in [-0.2, -0.15) is 5.26 Å². The summed E-state index contributed by atoms with van der Waals surface area (Å²) in [4.78, 5) is 12.4. The molecule has 21 heavy (non-hydrogen) atoms. The molecule has 5 heteroatoms. The Morgan fingerprint density at radius 1 is 1.24 bits per heavy atom. The van der Waals surface area contributed by atoms with E-state index < -0.39 is 0 Å². The van der Waals surface area contributed by atoms with Crippen molar-refractivity contribution in [2.75, 3.05) is 5.32 Å². The molecule has 1 aliphatic rings. The Balaban J connectivity index is 1.86. The minimum atomic E-state index is -0.315. The van der Waals surface area contributed by atoms with Gasteiger partial charge >= 0.3 is 0 Å². The van der Waals surface area contributed by atoms with Crippen LogP contribution in [0.4, 0.5) is 5.69 Å². The zero-order valence-corrected chi connectivity index (χ0v) is 11.6. The zero-order valence-electron chi connectivity index (χ0n) is 11.6. The summed E-state index contributed by atoms with van der Waals surface area (Å²) in [5.41, 5.74) is 2.19. The Labute approximate surface area is 122 Å². The van der Waals surface area contributed by atoms with Crippen molar-refractivity contribution in [2.45, 2.75) is 32.1 Å². The van der Waals surface area contributed by atoms with Crippen LogP contribution < -0.4 is 5.32 Å². The Morgan fingerprint density at radius 2 is 2.05 bits per heavy atom. The van der Waals surface area contributed by atoms with E-state index in [1.54, 1.807) is 24.3 Å². The number of amides is 1. The number of fused-ring (bicyclic) bond motifs is 1. The number of aryl methyl sites for hydroxylation is 1. The quantitative estimate of drug-likeness (QED) is 0.858. The normalized spacial score (nSPS) is 13.9. The fourth-order valence-corrected chi connectivity index (χ4v) is 2.61. The Bertz CT molecular complexity index is 713. The number of benzene rings is 1. The Kier molecular flexibility index (Phi) is 3.69. The van der Waals surface area contributed by atoms with Crippen molar-refractivity contribution in [3.05, 3.63) is 46.8 Å². The molecule has 2 aromatic rings. The molecule has 0 atom stereocenters. The minimum absolute atomic E-state index is 0.315. The van der Waals surface area contributed by atoms with E-state index in [0.29, 0.717) is 16.9 Å². The predicted molar refractivity (Wildman–Crippen MR) is 76.9 cm³/mol. The van der Waals surface area contributed by atoms with E-state index in [9.17, 15) is 4.79 Å². The number of para-hydroxylation sites is 1. The second-order valence-electron chi connectivity index (χ2n) is 5.11. The number of nitrogens with one attached hydrogen (secondary N) is 1. The highest BCUT2D eigenvalue weighted by Gasteiger charge is 2.23. The highest BCUT2D eigenvalue weighted by Crippen LogP contribution is 2.24. The first-order chi connectivity index (χ1) is 10.3. The number of nitrogens with zero attached hydrogens (tertiary/aromatic N) is 2. The molecule has 5 nitrogen and oxygen atoms in total. The monoisotopic (exact) mass is 281 g/mol. The van der Waals surface area contributed by atoms with Gasteiger partial charge in [0.15, 0.2) is 5.69 Å². The molecule has 0 radical (unpaired) electrons. The number of carbonyl (C=O) groups is 1. The minimum Gasteiger partial charge on any atom is -0.360 e. The van der Waals surface area contributed by atoms with E-state index in [-0.39, 0.29) is 5.91 Å². The second kappa shape index (κ2) is 5.80. The van der Waals surface area contributed by atoms with Gasteiger partial charge in [-0.05, 0) is 31.4 Å². The number of anilines is 1. The van der Waals surface area contributed by atoms with E-state index in [4.69, 9.17) is 9.78 Å². The third-order valence-corrected chi connectivity index (χ3v) is 3.71. The molecule has 0 aliphatic heterocycles. The molecule has 3 rings (SSSR count). The summed E-state index contributed by atoms with van der Waals surface area (Å²) in [5, 5.41) is 15.7. The van der Waals surface area contributed by atoms with Gasteiger partial charge in [-0.1, -0.05) is 23.7 Å². The molecule has 1 heterocycles. The molecule has 1 N–H and O–H groups in total. The van der Waals surface area contributed by atoms with Gasteiger partial charge in [0.25, 0.3) is 5.91 Å². The van der Waals surface area contributed by atoms with Crippen LogP contribution in [0.3, 0.4) is 0 Å². The lowest BCUT2D eigenvalue weighted by atomic mass is 10.1. The van der Waals surface area contributed by atoms with Gasteiger partial charge in [0, 0.05) is 12.0 Å². The lowest BCUT2D eigenvalue weighted by Crippen LogP contribution is -2.15. The molecular weight excluding hydrogens is 266 g/mol. The summed E-state index contributed by atoms with van der Waals surface area (Å²) < 4.78 is 5.31. The number of nitriles is 1. The van der Waals surface area contributed by atoms with E-state index in [0.717, 1.165) is 43.4 Å². The third-order valence-electron chi connectivity index (χ3n) is 3.71. The number of hydrogen-bond acceptors (Lipinski definition) is 4. The van der Waals surface area contributed by atoms with Crippen LogP contribution in [-0.4, -0.2) is 11.1 Å². The number of rotatable bonds is 2. The first-order valence-electron chi connectivity index (χ1n) is 7.07. The topological polar surface area (TPSA) is 78.9 Å². The second-order valence-corrected chi connectivity index (χ2v) is 5.11. The summed E-state index contributed by atoms with van der Waals surface area (Å²) in [6.45, 7) is 0. The van der Waals surface area contributed by atoms with Crippen molar-refractivity contribution in [1.82, 2.24) is 5.16 Å². The van der Waals surface area contributed by atoms with Gasteiger partial charge in [-0.25, -0.2) is 0 Å². The van der Waals surface area contributed by atoms with Crippen molar-refractivity contribution in [3.63, 3.8) is 0 Å². The molecule has 0 saturated heterocycles. The lowest BCUT2D eigenvalue weighted by Gasteiger charge is -2.05. The van der Waals surface area contributed by atoms with E-state index in [1.807, 2.05) is 0 Å². The number of hydrogen-bond donors (Lipinski definition) is 1. The third kappa shape index (κ3) is 2.65. The van der Waals surface area contributed by atoms with Crippen LogP contribution >= 0.6 is 0 Å². The van der Waals surface area contributed by atoms with Gasteiger partial charge in [0.1, 0.15) is 11.8 Å². The summed E-state index contributed by atoms with van der Waals surface area (Å²) in [6, 6.07) is 8.97. The highest BCUT2D eigenvalue weighted by atomic mass is 16.5. The van der Waals surface area contributed by atoms with Crippen molar-refractivity contribution in [2.24, 2.45) is 0 Å². The first kappa shape index (κ1) is 13.4. The molecule has 0 unspecified atom stereocenters. The molecular formula is C16H15N3O2. The molecule has 1 amide bonds. The predicted octanol–water partition coefficient (Wildman–Crippen LogP) is 3.07. The molecule has 1 aromatic heterocycles. The molecule has 0 bridgehead atoms. The lowest BCUT2D eigenvalue weighted by molar-refractivity contribution is 0.101. The summed E-state index contributed by atoms with van der Waals surface area (Å²) >= 11 is 0.